The van der Waals surface area contributed by atoms with Gasteiger partial charge < -0.3 is 9.64 Å². The highest BCUT2D eigenvalue weighted by Gasteiger charge is 2.30. The van der Waals surface area contributed by atoms with Crippen molar-refractivity contribution in [3.05, 3.63) is 63.9 Å². The molecule has 1 atom stereocenters. The molecule has 6 nitrogen and oxygen atoms in total. The minimum atomic E-state index is 0.0269. The van der Waals surface area contributed by atoms with E-state index in [-0.39, 0.29) is 18.5 Å². The first-order valence-electron chi connectivity index (χ1n) is 10.00. The van der Waals surface area contributed by atoms with Crippen LogP contribution in [0.15, 0.2) is 48.5 Å². The molecule has 1 fully saturated rings. The van der Waals surface area contributed by atoms with Gasteiger partial charge in [-0.05, 0) is 73.9 Å². The van der Waals surface area contributed by atoms with Gasteiger partial charge in [0.1, 0.15) is 12.3 Å². The molecule has 2 aromatic carbocycles. The number of carbonyl (C=O) groups is 1. The van der Waals surface area contributed by atoms with Gasteiger partial charge in [-0.1, -0.05) is 23.7 Å². The number of hydrogen-bond acceptors (Lipinski definition) is 4. The van der Waals surface area contributed by atoms with E-state index in [1.807, 2.05) is 48.2 Å². The molecule has 0 aliphatic carbocycles. The molecule has 30 heavy (non-hydrogen) atoms. The second-order valence-corrected chi connectivity index (χ2v) is 8.02. The first-order chi connectivity index (χ1) is 14.6. The Balaban J connectivity index is 1.54. The van der Waals surface area contributed by atoms with E-state index >= 15 is 0 Å². The number of nitrogens with zero attached hydrogens (tertiary/aromatic N) is 3. The fourth-order valence-corrected chi connectivity index (χ4v) is 4.20. The standard InChI is InChI=1S/C22H23ClN4O2S/c1-2-29-18-11-7-15(8-12-18)19-4-3-13-26(19)20(28)14-27-21(24-25-22(27)30)16-5-9-17(23)10-6-16/h5-12,19H,2-4,13-14H2,1H3,(H,25,30). The Morgan fingerprint density at radius 1 is 1.23 bits per heavy atom. The van der Waals surface area contributed by atoms with Crippen molar-refractivity contribution in [2.24, 2.45) is 0 Å². The first kappa shape index (κ1) is 20.6. The second kappa shape index (κ2) is 9.02. The number of ether oxygens (including phenoxy) is 1. The largest absolute Gasteiger partial charge is 0.494 e. The molecule has 0 radical (unpaired) electrons. The van der Waals surface area contributed by atoms with Crippen LogP contribution in [0.2, 0.25) is 5.02 Å². The van der Waals surface area contributed by atoms with Crippen molar-refractivity contribution < 1.29 is 9.53 Å². The Hall–Kier alpha value is -2.64. The summed E-state index contributed by atoms with van der Waals surface area (Å²) in [5, 5.41) is 7.77. The molecule has 2 heterocycles. The number of H-pyrrole nitrogens is 1. The van der Waals surface area contributed by atoms with Crippen LogP contribution in [-0.4, -0.2) is 38.7 Å². The van der Waals surface area contributed by atoms with Gasteiger partial charge in [0.2, 0.25) is 5.91 Å². The van der Waals surface area contributed by atoms with E-state index in [1.165, 1.54) is 0 Å². The summed E-state index contributed by atoms with van der Waals surface area (Å²) in [6.07, 6.45) is 1.92. The van der Waals surface area contributed by atoms with Crippen LogP contribution in [0.1, 0.15) is 31.4 Å². The lowest BCUT2D eigenvalue weighted by atomic mass is 10.0. The molecule has 1 saturated heterocycles. The zero-order chi connectivity index (χ0) is 21.1. The highest BCUT2D eigenvalue weighted by molar-refractivity contribution is 7.71. The van der Waals surface area contributed by atoms with Crippen LogP contribution in [0, 0.1) is 4.77 Å². The molecule has 4 rings (SSSR count). The van der Waals surface area contributed by atoms with Crippen LogP contribution in [-0.2, 0) is 11.3 Å². The number of rotatable bonds is 6. The quantitative estimate of drug-likeness (QED) is 0.544. The average Bonchev–Trinajstić information content (AvgIpc) is 3.37. The third kappa shape index (κ3) is 4.27. The lowest BCUT2D eigenvalue weighted by molar-refractivity contribution is -0.132. The monoisotopic (exact) mass is 442 g/mol. The fraction of sp³-hybridized carbons (Fsp3) is 0.318. The minimum absolute atomic E-state index is 0.0269. The molecule has 1 aliphatic rings. The lowest BCUT2D eigenvalue weighted by Gasteiger charge is -2.25. The van der Waals surface area contributed by atoms with E-state index in [9.17, 15) is 4.79 Å². The van der Waals surface area contributed by atoms with Gasteiger partial charge in [-0.25, -0.2) is 0 Å². The maximum atomic E-state index is 13.2. The molecular formula is C22H23ClN4O2S. The molecule has 1 aromatic heterocycles. The second-order valence-electron chi connectivity index (χ2n) is 7.19. The number of aromatic nitrogens is 3. The van der Waals surface area contributed by atoms with Crippen molar-refractivity contribution in [2.75, 3.05) is 13.2 Å². The topological polar surface area (TPSA) is 63.1 Å². The lowest BCUT2D eigenvalue weighted by Crippen LogP contribution is -2.33. The number of halogens is 1. The average molecular weight is 443 g/mol. The van der Waals surface area contributed by atoms with E-state index in [0.717, 1.165) is 36.3 Å². The van der Waals surface area contributed by atoms with Gasteiger partial charge >= 0.3 is 0 Å². The summed E-state index contributed by atoms with van der Waals surface area (Å²) in [4.78, 5) is 15.2. The highest BCUT2D eigenvalue weighted by Crippen LogP contribution is 2.33. The van der Waals surface area contributed by atoms with Crippen molar-refractivity contribution in [1.82, 2.24) is 19.7 Å². The molecule has 8 heteroatoms. The normalized spacial score (nSPS) is 16.1. The molecule has 3 aromatic rings. The number of amides is 1. The van der Waals surface area contributed by atoms with E-state index in [1.54, 1.807) is 16.7 Å². The molecule has 0 bridgehead atoms. The maximum absolute atomic E-state index is 13.2. The van der Waals surface area contributed by atoms with E-state index in [2.05, 4.69) is 10.2 Å². The van der Waals surface area contributed by atoms with Gasteiger partial charge in [0.15, 0.2) is 10.6 Å². The van der Waals surface area contributed by atoms with Crippen molar-refractivity contribution in [2.45, 2.75) is 32.4 Å². The summed E-state index contributed by atoms with van der Waals surface area (Å²) in [7, 11) is 0. The van der Waals surface area contributed by atoms with E-state index in [4.69, 9.17) is 28.6 Å². The van der Waals surface area contributed by atoms with Crippen molar-refractivity contribution in [3.8, 4) is 17.1 Å². The van der Waals surface area contributed by atoms with Gasteiger partial charge in [0, 0.05) is 17.1 Å². The number of benzene rings is 2. The van der Waals surface area contributed by atoms with Crippen LogP contribution in [0.5, 0.6) is 5.75 Å². The number of hydrogen-bond donors (Lipinski definition) is 1. The van der Waals surface area contributed by atoms with Crippen LogP contribution >= 0.6 is 23.8 Å². The zero-order valence-corrected chi connectivity index (χ0v) is 18.2. The summed E-state index contributed by atoms with van der Waals surface area (Å²) in [6.45, 7) is 3.47. The Morgan fingerprint density at radius 2 is 1.97 bits per heavy atom. The maximum Gasteiger partial charge on any atom is 0.243 e. The first-order valence-corrected chi connectivity index (χ1v) is 10.8. The Bertz CT molecular complexity index is 1080. The van der Waals surface area contributed by atoms with Crippen molar-refractivity contribution in [1.29, 1.82) is 0 Å². The van der Waals surface area contributed by atoms with Crippen LogP contribution in [0.3, 0.4) is 0 Å². The summed E-state index contributed by atoms with van der Waals surface area (Å²) < 4.78 is 7.70. The SMILES string of the molecule is CCOc1ccc(C2CCCN2C(=O)Cn2c(-c3ccc(Cl)cc3)n[nH]c2=S)cc1. The molecule has 1 amide bonds. The van der Waals surface area contributed by atoms with E-state index in [0.29, 0.717) is 22.2 Å². The smallest absolute Gasteiger partial charge is 0.243 e. The summed E-state index contributed by atoms with van der Waals surface area (Å²) >= 11 is 11.4. The zero-order valence-electron chi connectivity index (χ0n) is 16.7. The third-order valence-corrected chi connectivity index (χ3v) is 5.87. The van der Waals surface area contributed by atoms with Gasteiger partial charge in [-0.2, -0.15) is 5.10 Å². The number of nitrogens with one attached hydrogen (secondary N) is 1. The third-order valence-electron chi connectivity index (χ3n) is 5.30. The highest BCUT2D eigenvalue weighted by atomic mass is 35.5. The van der Waals surface area contributed by atoms with Crippen molar-refractivity contribution >= 4 is 29.7 Å². The molecule has 156 valence electrons. The minimum Gasteiger partial charge on any atom is -0.494 e. The summed E-state index contributed by atoms with van der Waals surface area (Å²) in [5.41, 5.74) is 1.97. The molecule has 1 aliphatic heterocycles. The molecule has 1 unspecified atom stereocenters. The van der Waals surface area contributed by atoms with Crippen LogP contribution < -0.4 is 4.74 Å². The Morgan fingerprint density at radius 3 is 2.67 bits per heavy atom. The van der Waals surface area contributed by atoms with Gasteiger partial charge in [0.05, 0.1) is 12.6 Å². The number of carbonyl (C=O) groups excluding carboxylic acids is 1. The molecule has 1 N–H and O–H groups in total. The van der Waals surface area contributed by atoms with Gasteiger partial charge in [-0.15, -0.1) is 0 Å². The van der Waals surface area contributed by atoms with Gasteiger partial charge in [-0.3, -0.25) is 14.5 Å². The molecular weight excluding hydrogens is 420 g/mol. The predicted octanol–water partition coefficient (Wildman–Crippen LogP) is 5.02. The Labute approximate surface area is 185 Å². The summed E-state index contributed by atoms with van der Waals surface area (Å²) in [6, 6.07) is 15.4. The number of aromatic amines is 1. The van der Waals surface area contributed by atoms with E-state index < -0.39 is 0 Å². The molecule has 0 saturated carbocycles. The van der Waals surface area contributed by atoms with Gasteiger partial charge in [0.25, 0.3) is 0 Å². The van der Waals surface area contributed by atoms with Crippen LogP contribution in [0.25, 0.3) is 11.4 Å². The fourth-order valence-electron chi connectivity index (χ4n) is 3.87. The van der Waals surface area contributed by atoms with Crippen molar-refractivity contribution in [3.63, 3.8) is 0 Å². The Kier molecular flexibility index (Phi) is 6.20. The molecule has 0 spiro atoms. The number of likely N-dealkylation sites (tertiary alicyclic amines) is 1. The predicted molar refractivity (Wildman–Crippen MR) is 119 cm³/mol. The summed E-state index contributed by atoms with van der Waals surface area (Å²) in [5.74, 6) is 1.50. The van der Waals surface area contributed by atoms with Crippen LogP contribution in [0.4, 0.5) is 0 Å².